The van der Waals surface area contributed by atoms with Crippen LogP contribution in [0.5, 0.6) is 0 Å². The zero-order valence-corrected chi connectivity index (χ0v) is 9.98. The fraction of sp³-hybridized carbons (Fsp3) is 0.100. The molecule has 0 bridgehead atoms. The molecule has 78 valence electrons. The Morgan fingerprint density at radius 3 is 2.60 bits per heavy atom. The largest absolute Gasteiger partial charge is 0.356 e. The number of nitrogens with zero attached hydrogens (tertiary/aromatic N) is 1. The molecule has 0 saturated heterocycles. The van der Waals surface area contributed by atoms with Crippen LogP contribution in [0.25, 0.3) is 11.3 Å². The van der Waals surface area contributed by atoms with Crippen molar-refractivity contribution in [3.63, 3.8) is 0 Å². The Hall–Kier alpha value is -0.640. The molecule has 0 N–H and O–H groups in total. The van der Waals surface area contributed by atoms with E-state index < -0.39 is 0 Å². The molecule has 0 fully saturated rings. The Morgan fingerprint density at radius 2 is 2.00 bits per heavy atom. The molecule has 1 aromatic carbocycles. The molecule has 15 heavy (non-hydrogen) atoms. The minimum Gasteiger partial charge on any atom is -0.356 e. The minimum absolute atomic E-state index is 0.498. The van der Waals surface area contributed by atoms with Crippen molar-refractivity contribution < 1.29 is 4.52 Å². The van der Waals surface area contributed by atoms with Gasteiger partial charge in [-0.3, -0.25) is 0 Å². The molecule has 2 rings (SSSR count). The molecule has 2 aromatic rings. The summed E-state index contributed by atoms with van der Waals surface area (Å²) in [5, 5.41) is 4.86. The van der Waals surface area contributed by atoms with Gasteiger partial charge in [-0.25, -0.2) is 0 Å². The summed E-state index contributed by atoms with van der Waals surface area (Å²) in [7, 11) is 0. The van der Waals surface area contributed by atoms with E-state index in [9.17, 15) is 0 Å². The number of thiol groups is 1. The highest BCUT2D eigenvalue weighted by molar-refractivity contribution is 7.79. The van der Waals surface area contributed by atoms with E-state index in [-0.39, 0.29) is 0 Å². The lowest BCUT2D eigenvalue weighted by molar-refractivity contribution is 0.426. The van der Waals surface area contributed by atoms with Crippen LogP contribution in [-0.4, -0.2) is 5.16 Å². The molecule has 1 heterocycles. The summed E-state index contributed by atoms with van der Waals surface area (Å²) in [5.74, 6) is 1.21. The van der Waals surface area contributed by atoms with Gasteiger partial charge < -0.3 is 4.52 Å². The first kappa shape index (κ1) is 10.9. The summed E-state index contributed by atoms with van der Waals surface area (Å²) in [6.45, 7) is 0. The van der Waals surface area contributed by atoms with Crippen LogP contribution in [0.1, 0.15) is 5.69 Å². The van der Waals surface area contributed by atoms with Gasteiger partial charge in [0.2, 0.25) is 0 Å². The Balaban J connectivity index is 2.40. The van der Waals surface area contributed by atoms with Gasteiger partial charge in [-0.15, -0.1) is 0 Å². The zero-order valence-electron chi connectivity index (χ0n) is 7.58. The average Bonchev–Trinajstić information content (AvgIpc) is 2.70. The first-order valence-corrected chi connectivity index (χ1v) is 5.61. The topological polar surface area (TPSA) is 26.0 Å². The highest BCUT2D eigenvalue weighted by Gasteiger charge is 2.07. The number of aromatic nitrogens is 1. The van der Waals surface area contributed by atoms with Gasteiger partial charge in [0.15, 0.2) is 5.76 Å². The van der Waals surface area contributed by atoms with Gasteiger partial charge >= 0.3 is 0 Å². The summed E-state index contributed by atoms with van der Waals surface area (Å²) >= 11 is 15.8. The Bertz CT molecular complexity index is 484. The Kier molecular flexibility index (Phi) is 3.24. The second-order valence-electron chi connectivity index (χ2n) is 2.97. The van der Waals surface area contributed by atoms with Crippen molar-refractivity contribution in [1.29, 1.82) is 0 Å². The number of rotatable bonds is 2. The molecule has 0 amide bonds. The van der Waals surface area contributed by atoms with Crippen LogP contribution in [0.2, 0.25) is 10.0 Å². The number of benzene rings is 1. The standard InChI is InChI=1S/C10H7Cl2NOS/c11-8-2-1-6(3-9(8)12)10-4-7(5-15)13-14-10/h1-4,15H,5H2. The monoisotopic (exact) mass is 259 g/mol. The lowest BCUT2D eigenvalue weighted by atomic mass is 10.2. The number of halogens is 2. The predicted octanol–water partition coefficient (Wildman–Crippen LogP) is 4.08. The van der Waals surface area contributed by atoms with E-state index in [1.807, 2.05) is 12.1 Å². The van der Waals surface area contributed by atoms with Crippen LogP contribution >= 0.6 is 35.8 Å². The van der Waals surface area contributed by atoms with Crippen LogP contribution in [0.4, 0.5) is 0 Å². The van der Waals surface area contributed by atoms with Crippen molar-refractivity contribution in [3.05, 3.63) is 40.0 Å². The molecule has 0 aliphatic carbocycles. The van der Waals surface area contributed by atoms with Crippen molar-refractivity contribution in [1.82, 2.24) is 5.16 Å². The van der Waals surface area contributed by atoms with E-state index in [0.29, 0.717) is 21.6 Å². The molecular weight excluding hydrogens is 253 g/mol. The fourth-order valence-corrected chi connectivity index (χ4v) is 1.62. The second kappa shape index (κ2) is 4.47. The third-order valence-electron chi connectivity index (χ3n) is 1.93. The maximum absolute atomic E-state index is 5.90. The molecule has 2 nitrogen and oxygen atoms in total. The lowest BCUT2D eigenvalue weighted by Crippen LogP contribution is -1.75. The van der Waals surface area contributed by atoms with Gasteiger partial charge in [0.25, 0.3) is 0 Å². The SMILES string of the molecule is SCc1cc(-c2ccc(Cl)c(Cl)c2)on1. The fourth-order valence-electron chi connectivity index (χ4n) is 1.17. The van der Waals surface area contributed by atoms with E-state index in [1.54, 1.807) is 12.1 Å². The first-order valence-electron chi connectivity index (χ1n) is 4.22. The van der Waals surface area contributed by atoms with Gasteiger partial charge in [0.1, 0.15) is 0 Å². The van der Waals surface area contributed by atoms with Gasteiger partial charge in [-0.05, 0) is 18.2 Å². The molecule has 0 unspecified atom stereocenters. The Labute approximate surface area is 103 Å². The van der Waals surface area contributed by atoms with E-state index in [1.165, 1.54) is 0 Å². The third-order valence-corrected chi connectivity index (χ3v) is 2.99. The zero-order chi connectivity index (χ0) is 10.8. The van der Waals surface area contributed by atoms with Gasteiger partial charge in [0.05, 0.1) is 15.7 Å². The molecule has 0 aliphatic rings. The smallest absolute Gasteiger partial charge is 0.167 e. The van der Waals surface area contributed by atoms with Crippen LogP contribution in [0, 0.1) is 0 Å². The average molecular weight is 260 g/mol. The predicted molar refractivity (Wildman–Crippen MR) is 64.6 cm³/mol. The van der Waals surface area contributed by atoms with Crippen molar-refractivity contribution in [2.45, 2.75) is 5.75 Å². The maximum atomic E-state index is 5.90. The van der Waals surface area contributed by atoms with E-state index >= 15 is 0 Å². The van der Waals surface area contributed by atoms with E-state index in [0.717, 1.165) is 11.3 Å². The summed E-state index contributed by atoms with van der Waals surface area (Å²) in [5.41, 5.74) is 1.64. The van der Waals surface area contributed by atoms with Crippen molar-refractivity contribution in [2.24, 2.45) is 0 Å². The summed E-state index contributed by atoms with van der Waals surface area (Å²) in [4.78, 5) is 0. The maximum Gasteiger partial charge on any atom is 0.167 e. The molecule has 0 saturated carbocycles. The van der Waals surface area contributed by atoms with Crippen LogP contribution < -0.4 is 0 Å². The second-order valence-corrected chi connectivity index (χ2v) is 4.10. The highest BCUT2D eigenvalue weighted by Crippen LogP contribution is 2.28. The summed E-state index contributed by atoms with van der Waals surface area (Å²) < 4.78 is 5.14. The van der Waals surface area contributed by atoms with Gasteiger partial charge in [-0.1, -0.05) is 28.4 Å². The lowest BCUT2D eigenvalue weighted by Gasteiger charge is -1.97. The number of hydrogen-bond donors (Lipinski definition) is 1. The van der Waals surface area contributed by atoms with Crippen LogP contribution in [-0.2, 0) is 5.75 Å². The third kappa shape index (κ3) is 2.30. The van der Waals surface area contributed by atoms with Crippen molar-refractivity contribution in [2.75, 3.05) is 0 Å². The quantitative estimate of drug-likeness (QED) is 0.823. The van der Waals surface area contributed by atoms with Gasteiger partial charge in [0, 0.05) is 17.4 Å². The van der Waals surface area contributed by atoms with Crippen LogP contribution in [0.3, 0.4) is 0 Å². The van der Waals surface area contributed by atoms with E-state index in [4.69, 9.17) is 27.7 Å². The minimum atomic E-state index is 0.498. The van der Waals surface area contributed by atoms with Crippen LogP contribution in [0.15, 0.2) is 28.8 Å². The summed E-state index contributed by atoms with van der Waals surface area (Å²) in [6.07, 6.45) is 0. The Morgan fingerprint density at radius 1 is 1.20 bits per heavy atom. The molecule has 1 aromatic heterocycles. The number of hydrogen-bond acceptors (Lipinski definition) is 3. The normalized spacial score (nSPS) is 10.6. The first-order chi connectivity index (χ1) is 7.20. The molecule has 0 spiro atoms. The highest BCUT2D eigenvalue weighted by atomic mass is 35.5. The van der Waals surface area contributed by atoms with Crippen molar-refractivity contribution >= 4 is 35.8 Å². The van der Waals surface area contributed by atoms with E-state index in [2.05, 4.69) is 17.8 Å². The molecule has 0 radical (unpaired) electrons. The molecular formula is C10H7Cl2NOS. The molecule has 0 aliphatic heterocycles. The summed E-state index contributed by atoms with van der Waals surface area (Å²) in [6, 6.07) is 7.12. The molecule has 5 heteroatoms. The molecule has 0 atom stereocenters. The van der Waals surface area contributed by atoms with Gasteiger partial charge in [-0.2, -0.15) is 12.6 Å². The van der Waals surface area contributed by atoms with Crippen molar-refractivity contribution in [3.8, 4) is 11.3 Å².